The van der Waals surface area contributed by atoms with E-state index in [0.717, 1.165) is 0 Å². The van der Waals surface area contributed by atoms with Crippen LogP contribution in [0.1, 0.15) is 11.1 Å². The fourth-order valence-electron chi connectivity index (χ4n) is 1.62. The summed E-state index contributed by atoms with van der Waals surface area (Å²) < 4.78 is 0. The molecule has 2 aromatic rings. The summed E-state index contributed by atoms with van der Waals surface area (Å²) in [6.07, 6.45) is 0. The van der Waals surface area contributed by atoms with Crippen molar-refractivity contribution in [2.45, 2.75) is 0 Å². The van der Waals surface area contributed by atoms with E-state index in [-0.39, 0.29) is 11.7 Å². The second-order valence-electron chi connectivity index (χ2n) is 4.33. The van der Waals surface area contributed by atoms with E-state index >= 15 is 0 Å². The number of nitrogens with one attached hydrogen (secondary N) is 2. The van der Waals surface area contributed by atoms with E-state index in [1.54, 1.807) is 48.5 Å². The molecule has 0 saturated carbocycles. The Labute approximate surface area is 126 Å². The summed E-state index contributed by atoms with van der Waals surface area (Å²) in [6, 6.07) is 13.5. The molecule has 8 nitrogen and oxygen atoms in total. The Morgan fingerprint density at radius 1 is 1.00 bits per heavy atom. The summed E-state index contributed by atoms with van der Waals surface area (Å²) >= 11 is 0. The normalized spacial score (nSPS) is 10.2. The lowest BCUT2D eigenvalue weighted by molar-refractivity contribution is 1.13. The van der Waals surface area contributed by atoms with Crippen LogP contribution in [0.5, 0.6) is 0 Å². The van der Waals surface area contributed by atoms with Crippen molar-refractivity contribution in [2.24, 2.45) is 21.8 Å². The monoisotopic (exact) mass is 296 g/mol. The number of nitroso groups, excluding NO2 is 1. The van der Waals surface area contributed by atoms with Gasteiger partial charge in [0.05, 0.1) is 21.8 Å². The molecule has 110 valence electrons. The highest BCUT2D eigenvalue weighted by Gasteiger charge is 2.07. The molecular formula is C14H14N7O+. The zero-order chi connectivity index (χ0) is 15.9. The predicted octanol–water partition coefficient (Wildman–Crippen LogP) is 1.62. The first-order valence-corrected chi connectivity index (χ1v) is 6.27. The Balaban J connectivity index is 2.00. The van der Waals surface area contributed by atoms with Crippen LogP contribution >= 0.6 is 0 Å². The van der Waals surface area contributed by atoms with Crippen molar-refractivity contribution >= 4 is 23.0 Å². The van der Waals surface area contributed by atoms with Gasteiger partial charge in [0.1, 0.15) is 5.84 Å². The summed E-state index contributed by atoms with van der Waals surface area (Å²) in [7, 11) is 0. The number of nitrogen functional groups attached to an aromatic ring is 1. The van der Waals surface area contributed by atoms with Crippen LogP contribution in [0.2, 0.25) is 0 Å². The zero-order valence-corrected chi connectivity index (χ0v) is 11.5. The molecule has 22 heavy (non-hydrogen) atoms. The van der Waals surface area contributed by atoms with Crippen molar-refractivity contribution in [1.29, 1.82) is 5.41 Å². The lowest BCUT2D eigenvalue weighted by Crippen LogP contribution is -2.15. The average Bonchev–Trinajstić information content (AvgIpc) is 2.55. The lowest BCUT2D eigenvalue weighted by atomic mass is 10.2. The van der Waals surface area contributed by atoms with Crippen molar-refractivity contribution in [3.8, 4) is 0 Å². The molecule has 2 aromatic carbocycles. The van der Waals surface area contributed by atoms with E-state index in [1.807, 2.05) is 0 Å². The molecule has 0 unspecified atom stereocenters. The van der Waals surface area contributed by atoms with E-state index in [0.29, 0.717) is 22.5 Å². The highest BCUT2D eigenvalue weighted by Crippen LogP contribution is 2.14. The summed E-state index contributed by atoms with van der Waals surface area (Å²) in [6.45, 7) is 0. The maximum Gasteiger partial charge on any atom is 0.431 e. The van der Waals surface area contributed by atoms with E-state index < -0.39 is 0 Å². The third kappa shape index (κ3) is 3.75. The van der Waals surface area contributed by atoms with Gasteiger partial charge in [0.25, 0.3) is 0 Å². The zero-order valence-electron chi connectivity index (χ0n) is 11.5. The van der Waals surface area contributed by atoms with Crippen LogP contribution in [0.25, 0.3) is 0 Å². The molecule has 0 amide bonds. The van der Waals surface area contributed by atoms with Gasteiger partial charge in [-0.15, -0.1) is 5.11 Å². The molecule has 0 bridgehead atoms. The smallest absolute Gasteiger partial charge is 0.384 e. The average molecular weight is 296 g/mol. The minimum atomic E-state index is -0.0706. The number of benzene rings is 2. The molecule has 0 aliphatic heterocycles. The minimum absolute atomic E-state index is 0.00240. The molecule has 2 rings (SSSR count). The molecule has 0 saturated heterocycles. The third-order valence-electron chi connectivity index (χ3n) is 2.80. The van der Waals surface area contributed by atoms with E-state index in [1.165, 1.54) is 0 Å². The molecule has 0 aromatic heterocycles. The fourth-order valence-corrected chi connectivity index (χ4v) is 1.62. The maximum atomic E-state index is 10.3. The van der Waals surface area contributed by atoms with Crippen LogP contribution in [-0.4, -0.2) is 11.7 Å². The largest absolute Gasteiger partial charge is 0.431 e. The molecule has 0 atom stereocenters. The summed E-state index contributed by atoms with van der Waals surface area (Å²) in [5.41, 5.74) is 16.0. The van der Waals surface area contributed by atoms with Gasteiger partial charge in [0.2, 0.25) is 0 Å². The number of hydrogen-bond donors (Lipinski definition) is 4. The SMILES string of the molecule is N=C(N)c1ccc(N=NNc2ccc(C(N)=[N+]=O)cc2)cc1. The molecule has 8 heteroatoms. The lowest BCUT2D eigenvalue weighted by Gasteiger charge is -2.00. The fraction of sp³-hybridized carbons (Fsp3) is 0. The molecule has 0 heterocycles. The molecule has 0 spiro atoms. The van der Waals surface area contributed by atoms with Crippen LogP contribution in [0, 0.1) is 10.3 Å². The van der Waals surface area contributed by atoms with Crippen LogP contribution in [0.4, 0.5) is 11.4 Å². The van der Waals surface area contributed by atoms with Gasteiger partial charge in [0.15, 0.2) is 0 Å². The first-order chi connectivity index (χ1) is 10.6. The quantitative estimate of drug-likeness (QED) is 0.218. The first-order valence-electron chi connectivity index (χ1n) is 6.27. The van der Waals surface area contributed by atoms with Gasteiger partial charge in [-0.2, -0.15) is 0 Å². The van der Waals surface area contributed by atoms with Crippen LogP contribution in [0.15, 0.2) is 58.9 Å². The number of nitrogens with two attached hydrogens (primary N) is 2. The number of rotatable bonds is 5. The molecular weight excluding hydrogens is 282 g/mol. The van der Waals surface area contributed by atoms with Crippen LogP contribution in [0.3, 0.4) is 0 Å². The summed E-state index contributed by atoms with van der Waals surface area (Å²) in [4.78, 5) is 13.0. The van der Waals surface area contributed by atoms with Gasteiger partial charge in [-0.25, -0.2) is 0 Å². The van der Waals surface area contributed by atoms with Gasteiger partial charge >= 0.3 is 5.84 Å². The van der Waals surface area contributed by atoms with E-state index in [9.17, 15) is 4.91 Å². The highest BCUT2D eigenvalue weighted by atomic mass is 16.2. The predicted molar refractivity (Wildman–Crippen MR) is 85.8 cm³/mol. The minimum Gasteiger partial charge on any atom is -0.384 e. The third-order valence-corrected chi connectivity index (χ3v) is 2.80. The van der Waals surface area contributed by atoms with Gasteiger partial charge in [0, 0.05) is 10.5 Å². The number of anilines is 1. The van der Waals surface area contributed by atoms with Crippen molar-refractivity contribution < 1.29 is 0 Å². The van der Waals surface area contributed by atoms with Crippen molar-refractivity contribution in [2.75, 3.05) is 5.43 Å². The molecule has 0 fully saturated rings. The second kappa shape index (κ2) is 6.78. The summed E-state index contributed by atoms with van der Waals surface area (Å²) in [5.74, 6) is -0.0682. The Morgan fingerprint density at radius 3 is 2.14 bits per heavy atom. The van der Waals surface area contributed by atoms with Gasteiger partial charge in [-0.05, 0) is 48.5 Å². The molecule has 0 aliphatic rings. The Morgan fingerprint density at radius 2 is 1.59 bits per heavy atom. The second-order valence-corrected chi connectivity index (χ2v) is 4.33. The van der Waals surface area contributed by atoms with Crippen molar-refractivity contribution in [3.63, 3.8) is 0 Å². The summed E-state index contributed by atoms with van der Waals surface area (Å²) in [5, 5.41) is 15.1. The van der Waals surface area contributed by atoms with E-state index in [4.69, 9.17) is 16.9 Å². The van der Waals surface area contributed by atoms with Crippen molar-refractivity contribution in [3.05, 3.63) is 64.6 Å². The van der Waals surface area contributed by atoms with Crippen LogP contribution < -0.4 is 21.7 Å². The Bertz CT molecular complexity index is 744. The molecule has 0 aliphatic carbocycles. The Hall–Kier alpha value is -3.51. The topological polar surface area (TPSA) is 144 Å². The van der Waals surface area contributed by atoms with Crippen LogP contribution in [-0.2, 0) is 0 Å². The maximum absolute atomic E-state index is 10.3. The number of nitrogens with zero attached hydrogens (tertiary/aromatic N) is 3. The number of amidine groups is 2. The first kappa shape index (κ1) is 14.9. The molecule has 6 N–H and O–H groups in total. The molecule has 0 radical (unpaired) electrons. The van der Waals surface area contributed by atoms with Gasteiger partial charge in [-0.1, -0.05) is 5.22 Å². The Kier molecular flexibility index (Phi) is 4.59. The van der Waals surface area contributed by atoms with E-state index in [2.05, 4.69) is 20.6 Å². The highest BCUT2D eigenvalue weighted by molar-refractivity contribution is 5.96. The standard InChI is InChI=1S/C14H13N7O/c15-13(16)9-1-5-11(6-2-9)18-21-19-12-7-3-10(4-8-12)14(17)20-22/h1-8H,(H5,15,16,17,18,19)/p+1. The van der Waals surface area contributed by atoms with Gasteiger partial charge < -0.3 is 5.73 Å². The van der Waals surface area contributed by atoms with Gasteiger partial charge in [-0.3, -0.25) is 16.6 Å². The van der Waals surface area contributed by atoms with Crippen molar-refractivity contribution in [1.82, 2.24) is 4.85 Å². The number of hydrogen-bond acceptors (Lipinski definition) is 4.